The highest BCUT2D eigenvalue weighted by Crippen LogP contribution is 2.50. The zero-order valence-electron chi connectivity index (χ0n) is 18.9. The fraction of sp³-hybridized carbons (Fsp3) is 0.259. The number of ether oxygens (including phenoxy) is 3. The summed E-state index contributed by atoms with van der Waals surface area (Å²) in [5.74, 6) is 0.752. The van der Waals surface area contributed by atoms with E-state index in [2.05, 4.69) is 0 Å². The van der Waals surface area contributed by atoms with Gasteiger partial charge in [-0.25, -0.2) is 9.59 Å². The van der Waals surface area contributed by atoms with Gasteiger partial charge in [0.2, 0.25) is 0 Å². The van der Waals surface area contributed by atoms with E-state index in [1.165, 1.54) is 0 Å². The molecule has 5 nitrogen and oxygen atoms in total. The average Bonchev–Trinajstić information content (AvgIpc) is 3.28. The van der Waals surface area contributed by atoms with Gasteiger partial charge in [-0.15, -0.1) is 0 Å². The Labute approximate surface area is 198 Å². The van der Waals surface area contributed by atoms with Crippen LogP contribution in [0.4, 0.5) is 0 Å². The van der Waals surface area contributed by atoms with Crippen LogP contribution in [0.1, 0.15) is 50.2 Å². The van der Waals surface area contributed by atoms with Gasteiger partial charge in [0.05, 0.1) is 22.6 Å². The third-order valence-corrected chi connectivity index (χ3v) is 6.98. The number of carbonyl (C=O) groups excluding carboxylic acids is 2. The molecule has 0 aromatic heterocycles. The highest BCUT2D eigenvalue weighted by Gasteiger charge is 2.31. The summed E-state index contributed by atoms with van der Waals surface area (Å²) in [6.07, 6.45) is 1.43. The number of rotatable bonds is 7. The summed E-state index contributed by atoms with van der Waals surface area (Å²) in [5.41, 5.74) is 3.76. The highest BCUT2D eigenvalue weighted by molar-refractivity contribution is 8.00. The van der Waals surface area contributed by atoms with Crippen LogP contribution in [0.5, 0.6) is 11.5 Å². The Morgan fingerprint density at radius 2 is 1.45 bits per heavy atom. The van der Waals surface area contributed by atoms with Crippen LogP contribution in [-0.2, 0) is 4.74 Å². The Bertz CT molecular complexity index is 1160. The van der Waals surface area contributed by atoms with Crippen LogP contribution in [0.25, 0.3) is 0 Å². The molecule has 1 heterocycles. The fourth-order valence-electron chi connectivity index (χ4n) is 3.71. The number of carbonyl (C=O) groups is 2. The van der Waals surface area contributed by atoms with Gasteiger partial charge in [0.1, 0.15) is 16.9 Å². The van der Waals surface area contributed by atoms with Gasteiger partial charge < -0.3 is 14.2 Å². The summed E-state index contributed by atoms with van der Waals surface area (Å²) in [7, 11) is 0. The SMILES string of the molecule is Cc1c(C)c2c(c(C)c1OC(=O)c1ccccc1)SC(CCCOC(=O)c1ccccc1)O2. The monoisotopic (exact) mass is 462 g/mol. The Hall–Kier alpha value is -3.25. The first-order valence-electron chi connectivity index (χ1n) is 10.9. The molecule has 4 rings (SSSR count). The summed E-state index contributed by atoms with van der Waals surface area (Å²) < 4.78 is 17.4. The molecule has 0 fully saturated rings. The predicted molar refractivity (Wildman–Crippen MR) is 128 cm³/mol. The summed E-state index contributed by atoms with van der Waals surface area (Å²) in [4.78, 5) is 25.7. The zero-order chi connectivity index (χ0) is 23.4. The molecule has 3 aromatic carbocycles. The number of hydrogen-bond donors (Lipinski definition) is 0. The molecule has 1 unspecified atom stereocenters. The zero-order valence-corrected chi connectivity index (χ0v) is 19.7. The van der Waals surface area contributed by atoms with Gasteiger partial charge in [0.15, 0.2) is 0 Å². The molecule has 33 heavy (non-hydrogen) atoms. The van der Waals surface area contributed by atoms with E-state index in [9.17, 15) is 9.59 Å². The van der Waals surface area contributed by atoms with Crippen molar-refractivity contribution in [2.75, 3.05) is 6.61 Å². The first-order valence-corrected chi connectivity index (χ1v) is 11.8. The van der Waals surface area contributed by atoms with E-state index in [1.807, 2.05) is 57.2 Å². The summed E-state index contributed by atoms with van der Waals surface area (Å²) in [5, 5.41) is 0. The molecule has 3 aromatic rings. The topological polar surface area (TPSA) is 61.8 Å². The van der Waals surface area contributed by atoms with Crippen LogP contribution in [0.2, 0.25) is 0 Å². The predicted octanol–water partition coefficient (Wildman–Crippen LogP) is 6.28. The van der Waals surface area contributed by atoms with Crippen molar-refractivity contribution in [1.29, 1.82) is 0 Å². The van der Waals surface area contributed by atoms with Gasteiger partial charge >= 0.3 is 11.9 Å². The van der Waals surface area contributed by atoms with Crippen LogP contribution in [0, 0.1) is 20.8 Å². The molecule has 0 radical (unpaired) electrons. The van der Waals surface area contributed by atoms with Gasteiger partial charge in [-0.1, -0.05) is 48.2 Å². The molecular weight excluding hydrogens is 436 g/mol. The minimum Gasteiger partial charge on any atom is -0.478 e. The smallest absolute Gasteiger partial charge is 0.343 e. The van der Waals surface area contributed by atoms with E-state index in [1.54, 1.807) is 36.0 Å². The summed E-state index contributed by atoms with van der Waals surface area (Å²) in [6.45, 7) is 6.22. The molecule has 0 N–H and O–H groups in total. The molecule has 0 saturated heterocycles. The molecule has 6 heteroatoms. The molecule has 170 valence electrons. The number of benzene rings is 3. The molecule has 1 aliphatic rings. The minimum atomic E-state index is -0.373. The van der Waals surface area contributed by atoms with E-state index in [4.69, 9.17) is 14.2 Å². The van der Waals surface area contributed by atoms with Crippen molar-refractivity contribution in [3.63, 3.8) is 0 Å². The van der Waals surface area contributed by atoms with Crippen molar-refractivity contribution in [1.82, 2.24) is 0 Å². The average molecular weight is 463 g/mol. The van der Waals surface area contributed by atoms with Crippen LogP contribution in [0.15, 0.2) is 65.6 Å². The van der Waals surface area contributed by atoms with Gasteiger partial charge in [-0.3, -0.25) is 0 Å². The minimum absolute atomic E-state index is 0.0766. The number of fused-ring (bicyclic) bond motifs is 1. The van der Waals surface area contributed by atoms with E-state index in [0.29, 0.717) is 29.9 Å². The first-order chi connectivity index (χ1) is 16.0. The van der Waals surface area contributed by atoms with Crippen molar-refractivity contribution in [3.8, 4) is 11.5 Å². The molecule has 0 amide bonds. The number of esters is 2. The van der Waals surface area contributed by atoms with Crippen molar-refractivity contribution < 1.29 is 23.8 Å². The maximum absolute atomic E-state index is 12.6. The lowest BCUT2D eigenvalue weighted by Gasteiger charge is -2.16. The second kappa shape index (κ2) is 10.1. The highest BCUT2D eigenvalue weighted by atomic mass is 32.2. The van der Waals surface area contributed by atoms with Gasteiger partial charge in [-0.2, -0.15) is 0 Å². The Kier molecular flexibility index (Phi) is 7.04. The van der Waals surface area contributed by atoms with E-state index in [-0.39, 0.29) is 17.4 Å². The lowest BCUT2D eigenvalue weighted by Crippen LogP contribution is -2.12. The third kappa shape index (κ3) is 5.06. The van der Waals surface area contributed by atoms with Crippen molar-refractivity contribution in [2.24, 2.45) is 0 Å². The van der Waals surface area contributed by atoms with Crippen LogP contribution >= 0.6 is 11.8 Å². The van der Waals surface area contributed by atoms with Crippen molar-refractivity contribution >= 4 is 23.7 Å². The Morgan fingerprint density at radius 1 is 0.848 bits per heavy atom. The standard InChI is InChI=1S/C27H26O5S/c1-17-18(2)24-25(19(3)23(17)32-27(29)21-13-8-5-9-14-21)33-22(31-24)15-10-16-30-26(28)20-11-6-4-7-12-20/h4-9,11-14,22H,10,15-16H2,1-3H3. The molecule has 0 spiro atoms. The first kappa shape index (κ1) is 22.9. The fourth-order valence-corrected chi connectivity index (χ4v) is 4.98. The van der Waals surface area contributed by atoms with Gasteiger partial charge in [-0.05, 0) is 69.0 Å². The second-order valence-electron chi connectivity index (χ2n) is 7.93. The molecule has 0 saturated carbocycles. The quantitative estimate of drug-likeness (QED) is 0.234. The lowest BCUT2D eigenvalue weighted by atomic mass is 10.0. The largest absolute Gasteiger partial charge is 0.478 e. The molecule has 1 aliphatic heterocycles. The van der Waals surface area contributed by atoms with E-state index < -0.39 is 0 Å². The molecular formula is C27H26O5S. The van der Waals surface area contributed by atoms with Gasteiger partial charge in [0.25, 0.3) is 0 Å². The number of hydrogen-bond acceptors (Lipinski definition) is 6. The maximum Gasteiger partial charge on any atom is 0.343 e. The molecule has 0 bridgehead atoms. The van der Waals surface area contributed by atoms with Crippen LogP contribution < -0.4 is 9.47 Å². The maximum atomic E-state index is 12.6. The van der Waals surface area contributed by atoms with Gasteiger partial charge in [0, 0.05) is 5.56 Å². The molecule has 0 aliphatic carbocycles. The second-order valence-corrected chi connectivity index (χ2v) is 9.10. The molecule has 1 atom stereocenters. The van der Waals surface area contributed by atoms with E-state index in [0.717, 1.165) is 33.8 Å². The Balaban J connectivity index is 1.38. The third-order valence-electron chi connectivity index (χ3n) is 5.66. The van der Waals surface area contributed by atoms with E-state index >= 15 is 0 Å². The lowest BCUT2D eigenvalue weighted by molar-refractivity contribution is 0.0492. The Morgan fingerprint density at radius 3 is 2.09 bits per heavy atom. The number of thioether (sulfide) groups is 1. The normalized spacial score (nSPS) is 14.3. The van der Waals surface area contributed by atoms with Crippen LogP contribution in [-0.4, -0.2) is 24.0 Å². The summed E-state index contributed by atoms with van der Waals surface area (Å²) >= 11 is 1.62. The summed E-state index contributed by atoms with van der Waals surface area (Å²) in [6, 6.07) is 18.0. The van der Waals surface area contributed by atoms with Crippen LogP contribution in [0.3, 0.4) is 0 Å². The van der Waals surface area contributed by atoms with Crippen molar-refractivity contribution in [2.45, 2.75) is 43.9 Å². The van der Waals surface area contributed by atoms with Crippen molar-refractivity contribution in [3.05, 3.63) is 88.5 Å².